The summed E-state index contributed by atoms with van der Waals surface area (Å²) in [6.45, 7) is 1.88. The Morgan fingerprint density at radius 1 is 1.00 bits per heavy atom. The summed E-state index contributed by atoms with van der Waals surface area (Å²) in [6.07, 6.45) is 0.399. The van der Waals surface area contributed by atoms with E-state index in [-0.39, 0.29) is 0 Å². The third-order valence-electron chi connectivity index (χ3n) is 2.76. The third kappa shape index (κ3) is 3.12. The fraction of sp³-hybridized carbons (Fsp3) is 0.125. The molecule has 0 atom stereocenters. The molecule has 0 fully saturated rings. The van der Waals surface area contributed by atoms with Gasteiger partial charge >= 0.3 is 0 Å². The Morgan fingerprint density at radius 3 is 2.26 bits per heavy atom. The summed E-state index contributed by atoms with van der Waals surface area (Å²) in [6, 6.07) is 17.0. The van der Waals surface area contributed by atoms with Crippen LogP contribution >= 0.6 is 0 Å². The molecule has 0 unspecified atom stereocenters. The van der Waals surface area contributed by atoms with Gasteiger partial charge in [-0.05, 0) is 48.4 Å². The highest BCUT2D eigenvalue weighted by molar-refractivity contribution is 5.43. The molecule has 0 saturated carbocycles. The van der Waals surface area contributed by atoms with Gasteiger partial charge in [0.1, 0.15) is 11.5 Å². The van der Waals surface area contributed by atoms with E-state index in [1.165, 1.54) is 0 Å². The molecule has 2 aromatic rings. The number of hydrogen-bond acceptors (Lipinski definition) is 3. The van der Waals surface area contributed by atoms with Gasteiger partial charge in [-0.2, -0.15) is 10.5 Å². The molecule has 0 aliphatic carbocycles. The largest absolute Gasteiger partial charge is 0.457 e. The van der Waals surface area contributed by atoms with Gasteiger partial charge in [0, 0.05) is 0 Å². The van der Waals surface area contributed by atoms with Crippen molar-refractivity contribution in [3.8, 4) is 23.6 Å². The minimum absolute atomic E-state index is 0.399. The third-order valence-corrected chi connectivity index (χ3v) is 2.76. The Labute approximate surface area is 112 Å². The van der Waals surface area contributed by atoms with Gasteiger partial charge in [0.2, 0.25) is 0 Å². The lowest BCUT2D eigenvalue weighted by Gasteiger charge is -2.07. The van der Waals surface area contributed by atoms with E-state index in [0.717, 1.165) is 11.1 Å². The topological polar surface area (TPSA) is 56.8 Å². The zero-order chi connectivity index (χ0) is 13.7. The number of nitriles is 2. The van der Waals surface area contributed by atoms with Gasteiger partial charge in [-0.3, -0.25) is 0 Å². The lowest BCUT2D eigenvalue weighted by Crippen LogP contribution is -1.88. The van der Waals surface area contributed by atoms with Crippen molar-refractivity contribution in [1.29, 1.82) is 10.5 Å². The number of aryl methyl sites for hydroxylation is 1. The van der Waals surface area contributed by atoms with Crippen LogP contribution in [0.25, 0.3) is 0 Å². The van der Waals surface area contributed by atoms with Crippen molar-refractivity contribution < 1.29 is 4.74 Å². The maximum atomic E-state index is 8.86. The Bertz CT molecular complexity index is 661. The Kier molecular flexibility index (Phi) is 3.81. The average molecular weight is 248 g/mol. The molecule has 0 spiro atoms. The molecule has 3 nitrogen and oxygen atoms in total. The summed E-state index contributed by atoms with van der Waals surface area (Å²) >= 11 is 0. The summed E-state index contributed by atoms with van der Waals surface area (Å²) in [5, 5.41) is 17.5. The Balaban J connectivity index is 2.15. The zero-order valence-corrected chi connectivity index (χ0v) is 10.6. The van der Waals surface area contributed by atoms with Crippen molar-refractivity contribution in [2.45, 2.75) is 13.3 Å². The highest BCUT2D eigenvalue weighted by Crippen LogP contribution is 2.24. The molecule has 2 rings (SSSR count). The molecule has 0 aliphatic rings. The van der Waals surface area contributed by atoms with Crippen molar-refractivity contribution in [1.82, 2.24) is 0 Å². The second kappa shape index (κ2) is 5.71. The first-order chi connectivity index (χ1) is 9.22. The second-order valence-electron chi connectivity index (χ2n) is 4.17. The number of ether oxygens (including phenoxy) is 1. The first-order valence-corrected chi connectivity index (χ1v) is 5.87. The van der Waals surface area contributed by atoms with Crippen molar-refractivity contribution in [3.63, 3.8) is 0 Å². The van der Waals surface area contributed by atoms with E-state index < -0.39 is 0 Å². The van der Waals surface area contributed by atoms with Gasteiger partial charge in [-0.1, -0.05) is 12.1 Å². The van der Waals surface area contributed by atoms with Crippen molar-refractivity contribution in [2.75, 3.05) is 0 Å². The van der Waals surface area contributed by atoms with E-state index in [0.29, 0.717) is 23.5 Å². The van der Waals surface area contributed by atoms with E-state index in [1.807, 2.05) is 37.3 Å². The highest BCUT2D eigenvalue weighted by Gasteiger charge is 2.02. The van der Waals surface area contributed by atoms with Gasteiger partial charge in [0.15, 0.2) is 0 Å². The van der Waals surface area contributed by atoms with Crippen LogP contribution in [0.3, 0.4) is 0 Å². The maximum absolute atomic E-state index is 8.86. The highest BCUT2D eigenvalue weighted by atomic mass is 16.5. The number of benzene rings is 2. The molecule has 0 N–H and O–H groups in total. The van der Waals surface area contributed by atoms with E-state index in [2.05, 4.69) is 12.1 Å². The molecule has 0 aromatic heterocycles. The standard InChI is InChI=1S/C16H12N2O/c1-12-10-16(7-4-14(12)11-18)19-15-5-2-13(3-6-15)8-9-17/h2-7,10H,8H2,1H3. The fourth-order valence-electron chi connectivity index (χ4n) is 1.73. The lowest BCUT2D eigenvalue weighted by molar-refractivity contribution is 0.482. The van der Waals surface area contributed by atoms with E-state index in [4.69, 9.17) is 15.3 Å². The summed E-state index contributed by atoms with van der Waals surface area (Å²) in [5.41, 5.74) is 2.50. The van der Waals surface area contributed by atoms with Crippen LogP contribution in [0, 0.1) is 29.6 Å². The van der Waals surface area contributed by atoms with Crippen LogP contribution in [-0.4, -0.2) is 0 Å². The van der Waals surface area contributed by atoms with E-state index in [9.17, 15) is 0 Å². The van der Waals surface area contributed by atoms with Crippen LogP contribution in [0.5, 0.6) is 11.5 Å². The molecule has 19 heavy (non-hydrogen) atoms. The monoisotopic (exact) mass is 248 g/mol. The van der Waals surface area contributed by atoms with Gasteiger partial charge in [0.05, 0.1) is 24.1 Å². The first-order valence-electron chi connectivity index (χ1n) is 5.87. The predicted octanol–water partition coefficient (Wildman–Crippen LogP) is 3.73. The van der Waals surface area contributed by atoms with Crippen molar-refractivity contribution in [2.24, 2.45) is 0 Å². The molecule has 0 radical (unpaired) electrons. The van der Waals surface area contributed by atoms with Crippen LogP contribution in [0.1, 0.15) is 16.7 Å². The van der Waals surface area contributed by atoms with Crippen LogP contribution in [-0.2, 0) is 6.42 Å². The fourth-order valence-corrected chi connectivity index (χ4v) is 1.73. The smallest absolute Gasteiger partial charge is 0.127 e. The van der Waals surface area contributed by atoms with Gasteiger partial charge < -0.3 is 4.74 Å². The van der Waals surface area contributed by atoms with Gasteiger partial charge in [0.25, 0.3) is 0 Å². The summed E-state index contributed by atoms with van der Waals surface area (Å²) in [5.74, 6) is 1.41. The molecular weight excluding hydrogens is 236 g/mol. The van der Waals surface area contributed by atoms with Crippen LogP contribution in [0.4, 0.5) is 0 Å². The average Bonchev–Trinajstić information content (AvgIpc) is 2.42. The van der Waals surface area contributed by atoms with Gasteiger partial charge in [-0.15, -0.1) is 0 Å². The molecule has 0 aliphatic heterocycles. The molecule has 92 valence electrons. The minimum atomic E-state index is 0.399. The molecule has 0 bridgehead atoms. The molecule has 0 saturated heterocycles. The van der Waals surface area contributed by atoms with Crippen LogP contribution in [0.2, 0.25) is 0 Å². The number of nitrogens with zero attached hydrogens (tertiary/aromatic N) is 2. The zero-order valence-electron chi connectivity index (χ0n) is 10.6. The predicted molar refractivity (Wildman–Crippen MR) is 71.7 cm³/mol. The molecule has 2 aromatic carbocycles. The Hall–Kier alpha value is -2.78. The van der Waals surface area contributed by atoms with Gasteiger partial charge in [-0.25, -0.2) is 0 Å². The lowest BCUT2D eigenvalue weighted by atomic mass is 10.1. The van der Waals surface area contributed by atoms with Crippen LogP contribution < -0.4 is 4.74 Å². The minimum Gasteiger partial charge on any atom is -0.457 e. The molecule has 3 heteroatoms. The maximum Gasteiger partial charge on any atom is 0.127 e. The summed E-state index contributed by atoms with van der Waals surface area (Å²) in [7, 11) is 0. The number of rotatable bonds is 3. The normalized spacial score (nSPS) is 9.42. The summed E-state index contributed by atoms with van der Waals surface area (Å²) in [4.78, 5) is 0. The SMILES string of the molecule is Cc1cc(Oc2ccc(CC#N)cc2)ccc1C#N. The van der Waals surface area contributed by atoms with Crippen molar-refractivity contribution in [3.05, 3.63) is 59.2 Å². The van der Waals surface area contributed by atoms with Crippen LogP contribution in [0.15, 0.2) is 42.5 Å². The quantitative estimate of drug-likeness (QED) is 0.831. The van der Waals surface area contributed by atoms with E-state index >= 15 is 0 Å². The second-order valence-corrected chi connectivity index (χ2v) is 4.17. The Morgan fingerprint density at radius 2 is 1.68 bits per heavy atom. The number of hydrogen-bond donors (Lipinski definition) is 0. The first kappa shape index (κ1) is 12.7. The molecule has 0 heterocycles. The van der Waals surface area contributed by atoms with Crippen molar-refractivity contribution >= 4 is 0 Å². The summed E-state index contributed by atoms with van der Waals surface area (Å²) < 4.78 is 5.70. The molecular formula is C16H12N2O. The molecule has 0 amide bonds. The van der Waals surface area contributed by atoms with E-state index in [1.54, 1.807) is 12.1 Å².